The zero-order chi connectivity index (χ0) is 14.9. The number of hydrogen-bond acceptors (Lipinski definition) is 3. The van der Waals surface area contributed by atoms with Crippen LogP contribution in [0.4, 0.5) is 0 Å². The van der Waals surface area contributed by atoms with Crippen LogP contribution in [0.2, 0.25) is 10.0 Å². The van der Waals surface area contributed by atoms with Crippen molar-refractivity contribution in [2.24, 2.45) is 11.1 Å². The highest BCUT2D eigenvalue weighted by Crippen LogP contribution is 2.44. The summed E-state index contributed by atoms with van der Waals surface area (Å²) in [6.07, 6.45) is 5.72. The third kappa shape index (κ3) is 3.31. The smallest absolute Gasteiger partial charge is 0.138 e. The van der Waals surface area contributed by atoms with Crippen molar-refractivity contribution in [1.82, 2.24) is 4.98 Å². The number of nitrogens with two attached hydrogens (primary N) is 1. The average Bonchev–Trinajstić information content (AvgIpc) is 3.29. The third-order valence-electron chi connectivity index (χ3n) is 3.89. The Kier molecular flexibility index (Phi) is 4.07. The van der Waals surface area contributed by atoms with Crippen molar-refractivity contribution in [1.29, 1.82) is 0 Å². The van der Waals surface area contributed by atoms with Crippen LogP contribution in [0.15, 0.2) is 36.7 Å². The molecule has 2 N–H and O–H groups in total. The van der Waals surface area contributed by atoms with E-state index in [2.05, 4.69) is 4.98 Å². The number of ether oxygens (including phenoxy) is 1. The molecule has 1 aromatic heterocycles. The van der Waals surface area contributed by atoms with Gasteiger partial charge in [0.25, 0.3) is 0 Å². The molecule has 110 valence electrons. The summed E-state index contributed by atoms with van der Waals surface area (Å²) in [5.41, 5.74) is 7.67. The van der Waals surface area contributed by atoms with E-state index in [1.807, 2.05) is 12.1 Å². The first-order chi connectivity index (χ1) is 10.1. The lowest BCUT2D eigenvalue weighted by atomic mass is 10.1. The van der Waals surface area contributed by atoms with E-state index >= 15 is 0 Å². The fourth-order valence-corrected chi connectivity index (χ4v) is 2.58. The summed E-state index contributed by atoms with van der Waals surface area (Å²) in [6, 6.07) is 7.30. The Morgan fingerprint density at radius 2 is 2.00 bits per heavy atom. The van der Waals surface area contributed by atoms with Crippen LogP contribution in [-0.4, -0.2) is 18.1 Å². The van der Waals surface area contributed by atoms with Gasteiger partial charge in [-0.05, 0) is 37.1 Å². The molecule has 3 rings (SSSR count). The third-order valence-corrected chi connectivity index (χ3v) is 4.45. The van der Waals surface area contributed by atoms with Crippen LogP contribution in [0, 0.1) is 5.41 Å². The van der Waals surface area contributed by atoms with Gasteiger partial charge < -0.3 is 10.5 Å². The molecule has 2 aromatic rings. The van der Waals surface area contributed by atoms with Crippen LogP contribution in [0.5, 0.6) is 5.75 Å². The number of rotatable bonds is 5. The minimum atomic E-state index is 0.170. The number of halogens is 2. The van der Waals surface area contributed by atoms with E-state index in [9.17, 15) is 0 Å². The van der Waals surface area contributed by atoms with Crippen molar-refractivity contribution < 1.29 is 4.74 Å². The average molecular weight is 323 g/mol. The molecule has 0 spiro atoms. The molecule has 0 unspecified atom stereocenters. The fraction of sp³-hybridized carbons (Fsp3) is 0.312. The first-order valence-corrected chi connectivity index (χ1v) is 7.61. The van der Waals surface area contributed by atoms with Gasteiger partial charge in [-0.25, -0.2) is 0 Å². The molecule has 0 radical (unpaired) electrons. The van der Waals surface area contributed by atoms with Crippen molar-refractivity contribution in [3.8, 4) is 16.9 Å². The molecule has 0 atom stereocenters. The molecule has 0 amide bonds. The highest BCUT2D eigenvalue weighted by atomic mass is 35.5. The normalized spacial score (nSPS) is 15.8. The van der Waals surface area contributed by atoms with Crippen LogP contribution in [-0.2, 0) is 0 Å². The quantitative estimate of drug-likeness (QED) is 0.898. The zero-order valence-corrected chi connectivity index (χ0v) is 13.0. The molecular formula is C16H16Cl2N2O. The second-order valence-corrected chi connectivity index (χ2v) is 6.37. The lowest BCUT2D eigenvalue weighted by Gasteiger charge is -2.14. The van der Waals surface area contributed by atoms with Crippen molar-refractivity contribution >= 4 is 23.2 Å². The van der Waals surface area contributed by atoms with Crippen LogP contribution in [0.1, 0.15) is 12.8 Å². The van der Waals surface area contributed by atoms with Gasteiger partial charge in [-0.1, -0.05) is 23.2 Å². The lowest BCUT2D eigenvalue weighted by Crippen LogP contribution is -2.22. The van der Waals surface area contributed by atoms with Crippen LogP contribution in [0.3, 0.4) is 0 Å². The van der Waals surface area contributed by atoms with Crippen molar-refractivity contribution in [3.63, 3.8) is 0 Å². The lowest BCUT2D eigenvalue weighted by molar-refractivity contribution is 0.238. The number of hydrogen-bond donors (Lipinski definition) is 1. The van der Waals surface area contributed by atoms with Crippen molar-refractivity contribution in [2.45, 2.75) is 12.8 Å². The first-order valence-electron chi connectivity index (χ1n) is 6.85. The van der Waals surface area contributed by atoms with Gasteiger partial charge in [0.1, 0.15) is 5.75 Å². The standard InChI is InChI=1S/C16H16Cl2N2O/c17-12-1-2-15(18)14(6-12)11-5-13(8-20-7-11)21-10-16(9-19)3-4-16/h1-2,5-8H,3-4,9-10,19H2. The van der Waals surface area contributed by atoms with Gasteiger partial charge in [0, 0.05) is 39.3 Å². The van der Waals surface area contributed by atoms with Crippen LogP contribution >= 0.6 is 23.2 Å². The summed E-state index contributed by atoms with van der Waals surface area (Å²) in [4.78, 5) is 4.22. The van der Waals surface area contributed by atoms with Gasteiger partial charge >= 0.3 is 0 Å². The molecule has 1 heterocycles. The van der Waals surface area contributed by atoms with Gasteiger partial charge in [0.15, 0.2) is 0 Å². The Morgan fingerprint density at radius 3 is 2.71 bits per heavy atom. The van der Waals surface area contributed by atoms with Crippen molar-refractivity contribution in [3.05, 3.63) is 46.7 Å². The molecular weight excluding hydrogens is 307 g/mol. The van der Waals surface area contributed by atoms with E-state index in [4.69, 9.17) is 33.7 Å². The Hall–Kier alpha value is -1.29. The van der Waals surface area contributed by atoms with E-state index in [-0.39, 0.29) is 5.41 Å². The number of pyridine rings is 1. The number of aromatic nitrogens is 1. The summed E-state index contributed by atoms with van der Waals surface area (Å²) >= 11 is 12.3. The van der Waals surface area contributed by atoms with Gasteiger partial charge in [-0.15, -0.1) is 0 Å². The molecule has 3 nitrogen and oxygen atoms in total. The van der Waals surface area contributed by atoms with E-state index in [0.29, 0.717) is 23.2 Å². The fourth-order valence-electron chi connectivity index (χ4n) is 2.18. The molecule has 0 saturated heterocycles. The summed E-state index contributed by atoms with van der Waals surface area (Å²) in [5, 5.41) is 1.28. The minimum Gasteiger partial charge on any atom is -0.491 e. The summed E-state index contributed by atoms with van der Waals surface area (Å²) in [7, 11) is 0. The predicted octanol–water partition coefficient (Wildman–Crippen LogP) is 4.17. The number of nitrogens with zero attached hydrogens (tertiary/aromatic N) is 1. The molecule has 0 aliphatic heterocycles. The van der Waals surface area contributed by atoms with Gasteiger partial charge in [-0.3, -0.25) is 4.98 Å². The zero-order valence-electron chi connectivity index (χ0n) is 11.5. The minimum absolute atomic E-state index is 0.170. The van der Waals surface area contributed by atoms with Gasteiger partial charge in [0.05, 0.1) is 12.8 Å². The predicted molar refractivity (Wildman–Crippen MR) is 85.9 cm³/mol. The summed E-state index contributed by atoms with van der Waals surface area (Å²) < 4.78 is 5.84. The van der Waals surface area contributed by atoms with Crippen molar-refractivity contribution in [2.75, 3.05) is 13.2 Å². The first kappa shape index (κ1) is 14.6. The van der Waals surface area contributed by atoms with E-state index in [1.165, 1.54) is 0 Å². The molecule has 1 saturated carbocycles. The van der Waals surface area contributed by atoms with E-state index in [0.717, 1.165) is 29.7 Å². The topological polar surface area (TPSA) is 48.1 Å². The van der Waals surface area contributed by atoms with Crippen LogP contribution < -0.4 is 10.5 Å². The SMILES string of the molecule is NCC1(COc2cncc(-c3cc(Cl)ccc3Cl)c2)CC1. The molecule has 1 fully saturated rings. The van der Waals surface area contributed by atoms with Gasteiger partial charge in [0.2, 0.25) is 0 Å². The summed E-state index contributed by atoms with van der Waals surface area (Å²) in [5.74, 6) is 0.725. The van der Waals surface area contributed by atoms with Crippen LogP contribution in [0.25, 0.3) is 11.1 Å². The monoisotopic (exact) mass is 322 g/mol. The molecule has 5 heteroatoms. The summed E-state index contributed by atoms with van der Waals surface area (Å²) in [6.45, 7) is 1.30. The molecule has 0 bridgehead atoms. The maximum atomic E-state index is 6.22. The Morgan fingerprint density at radius 1 is 1.19 bits per heavy atom. The maximum absolute atomic E-state index is 6.22. The Balaban J connectivity index is 1.81. The van der Waals surface area contributed by atoms with E-state index in [1.54, 1.807) is 24.5 Å². The number of benzene rings is 1. The Labute approximate surface area is 134 Å². The Bertz CT molecular complexity index is 656. The maximum Gasteiger partial charge on any atom is 0.138 e. The molecule has 21 heavy (non-hydrogen) atoms. The molecule has 1 aliphatic carbocycles. The van der Waals surface area contributed by atoms with Gasteiger partial charge in [-0.2, -0.15) is 0 Å². The second kappa shape index (κ2) is 5.84. The molecule has 1 aliphatic rings. The highest BCUT2D eigenvalue weighted by molar-refractivity contribution is 6.35. The highest BCUT2D eigenvalue weighted by Gasteiger charge is 2.42. The second-order valence-electron chi connectivity index (χ2n) is 5.53. The van der Waals surface area contributed by atoms with E-state index < -0.39 is 0 Å². The molecule has 1 aromatic carbocycles. The largest absolute Gasteiger partial charge is 0.491 e.